The molecule has 2 aromatic carbocycles. The van der Waals surface area contributed by atoms with E-state index >= 15 is 0 Å². The first-order valence-corrected chi connectivity index (χ1v) is 10.2. The molecule has 2 rings (SSSR count). The van der Waals surface area contributed by atoms with Crippen molar-refractivity contribution in [3.8, 4) is 11.5 Å². The van der Waals surface area contributed by atoms with Crippen molar-refractivity contribution >= 4 is 0 Å². The monoisotopic (exact) mass is 425 g/mol. The Morgan fingerprint density at radius 3 is 2.17 bits per heavy atom. The van der Waals surface area contributed by atoms with Gasteiger partial charge in [-0.3, -0.25) is 0 Å². The number of rotatable bonds is 6. The summed E-state index contributed by atoms with van der Waals surface area (Å²) in [6.45, 7) is 6.81. The molecule has 0 bridgehead atoms. The molecule has 2 aromatic rings. The first-order chi connectivity index (χ1) is 10.8. The van der Waals surface area contributed by atoms with Crippen molar-refractivity contribution in [1.29, 1.82) is 0 Å². The van der Waals surface area contributed by atoms with Gasteiger partial charge in [0.05, 0.1) is 0 Å². The summed E-state index contributed by atoms with van der Waals surface area (Å²) in [5.74, 6) is 0.724. The fraction of sp³-hybridized carbons (Fsp3) is 0.400. The third kappa shape index (κ3) is 6.42. The van der Waals surface area contributed by atoms with Crippen LogP contribution >= 0.6 is 0 Å². The Kier molecular flexibility index (Phi) is 6.33. The van der Waals surface area contributed by atoms with E-state index < -0.39 is 0 Å². The van der Waals surface area contributed by atoms with Crippen molar-refractivity contribution in [3.05, 3.63) is 55.2 Å². The predicted octanol–water partition coefficient (Wildman–Crippen LogP) is 1.99. The summed E-state index contributed by atoms with van der Waals surface area (Å²) in [5.41, 5.74) is 1.45. The molecule has 0 spiro atoms. The van der Waals surface area contributed by atoms with Gasteiger partial charge in [0, 0.05) is 0 Å². The summed E-state index contributed by atoms with van der Waals surface area (Å²) in [6.07, 6.45) is 4.47. The minimum atomic E-state index is -0.274. The number of halogens is 1. The molecule has 23 heavy (non-hydrogen) atoms. The predicted molar refractivity (Wildman–Crippen MR) is 90.6 cm³/mol. The van der Waals surface area contributed by atoms with Crippen LogP contribution < -0.4 is 21.2 Å². The zero-order valence-electron chi connectivity index (χ0n) is 14.1. The Labute approximate surface area is 149 Å². The Hall–Kier alpha value is -1.23. The van der Waals surface area contributed by atoms with Gasteiger partial charge in [-0.25, -0.2) is 0 Å². The molecule has 0 radical (unpaired) electrons. The van der Waals surface area contributed by atoms with Gasteiger partial charge in [-0.05, 0) is 0 Å². The van der Waals surface area contributed by atoms with Gasteiger partial charge in [-0.2, -0.15) is 0 Å². The van der Waals surface area contributed by atoms with Gasteiger partial charge in [-0.1, -0.05) is 0 Å². The Balaban J connectivity index is 1.96. The third-order valence-electron chi connectivity index (χ3n) is 3.71. The van der Waals surface area contributed by atoms with Crippen molar-refractivity contribution < 1.29 is 31.4 Å². The van der Waals surface area contributed by atoms with E-state index in [1.165, 1.54) is 20.0 Å². The zero-order chi connectivity index (χ0) is 16.9. The van der Waals surface area contributed by atoms with E-state index in [1.807, 2.05) is 24.3 Å². The summed E-state index contributed by atoms with van der Waals surface area (Å²) in [7, 11) is 0. The molecule has 0 atom stereocenters. The average molecular weight is 425 g/mol. The molecule has 0 heterocycles. The van der Waals surface area contributed by atoms with Crippen LogP contribution in [0.2, 0.25) is 0 Å². The van der Waals surface area contributed by atoms with Crippen LogP contribution in [0.5, 0.6) is 11.5 Å². The number of aromatic hydroxyl groups is 2. The van der Waals surface area contributed by atoms with Gasteiger partial charge in [0.25, 0.3) is 0 Å². The quantitative estimate of drug-likeness (QED) is 0.549. The molecule has 2 N–H and O–H groups in total. The second kappa shape index (κ2) is 8.04. The fourth-order valence-electron chi connectivity index (χ4n) is 2.41. The number of unbranched alkanes of at least 4 members (excludes halogenated alkanes) is 1. The van der Waals surface area contributed by atoms with Crippen molar-refractivity contribution in [3.63, 3.8) is 0 Å². The number of phenols is 2. The first-order valence-electron chi connectivity index (χ1n) is 8.09. The number of hydrogen-bond acceptors (Lipinski definition) is 2. The van der Waals surface area contributed by atoms with Crippen LogP contribution in [0.4, 0.5) is 0 Å². The van der Waals surface area contributed by atoms with Gasteiger partial charge < -0.3 is 0 Å². The zero-order valence-corrected chi connectivity index (χ0v) is 16.3. The maximum absolute atomic E-state index is 10.1. The van der Waals surface area contributed by atoms with Crippen molar-refractivity contribution in [1.82, 2.24) is 0 Å². The summed E-state index contributed by atoms with van der Waals surface area (Å²) in [6, 6.07) is 13.5. The van der Waals surface area contributed by atoms with E-state index in [4.69, 9.17) is 0 Å². The molecule has 2 nitrogen and oxygen atoms in total. The first kappa shape index (κ1) is 18.1. The van der Waals surface area contributed by atoms with Crippen LogP contribution in [0.1, 0.15) is 45.6 Å². The second-order valence-corrected chi connectivity index (χ2v) is 10.1. The molecule has 0 aliphatic rings. The van der Waals surface area contributed by atoms with Gasteiger partial charge in [0.2, 0.25) is 0 Å². The summed E-state index contributed by atoms with van der Waals surface area (Å²) >= 11 is -0.274. The maximum atomic E-state index is 10.1. The number of hydrogen-bond donors (Lipinski definition) is 2. The minimum absolute atomic E-state index is 0.274. The standard InChI is InChI=1S/C20H26IO2/c1-20(2,3)13-5-4-6-15-14-17(9-12-19(15)23)21-16-7-10-18(22)11-8-16/h7-12,14,22-23H,4-6,13H2,1-3H3/q-1. The van der Waals surface area contributed by atoms with Crippen LogP contribution in [0.3, 0.4) is 0 Å². The third-order valence-corrected chi connectivity index (χ3v) is 6.35. The van der Waals surface area contributed by atoms with Crippen LogP contribution in [0.25, 0.3) is 0 Å². The van der Waals surface area contributed by atoms with Crippen molar-refractivity contribution in [2.45, 2.75) is 46.5 Å². The molecule has 0 amide bonds. The molecule has 0 fully saturated rings. The van der Waals surface area contributed by atoms with Gasteiger partial charge >= 0.3 is 150 Å². The molecular formula is C20H26IO2-. The van der Waals surface area contributed by atoms with Crippen molar-refractivity contribution in [2.24, 2.45) is 5.41 Å². The molecule has 0 aromatic heterocycles. The second-order valence-electron chi connectivity index (χ2n) is 7.11. The van der Waals surface area contributed by atoms with Crippen molar-refractivity contribution in [2.75, 3.05) is 0 Å². The summed E-state index contributed by atoms with van der Waals surface area (Å²) < 4.78 is 2.57. The fourth-order valence-corrected chi connectivity index (χ4v) is 4.74. The van der Waals surface area contributed by atoms with E-state index in [1.54, 1.807) is 12.1 Å². The van der Waals surface area contributed by atoms with Crippen LogP contribution in [0, 0.1) is 12.6 Å². The normalized spacial score (nSPS) is 11.8. The average Bonchev–Trinajstić information content (AvgIpc) is 2.48. The Bertz CT molecular complexity index is 627. The molecule has 0 unspecified atom stereocenters. The molecule has 0 saturated heterocycles. The molecule has 0 aliphatic carbocycles. The number of benzene rings is 2. The Morgan fingerprint density at radius 1 is 0.870 bits per heavy atom. The number of aryl methyl sites for hydroxylation is 1. The van der Waals surface area contributed by atoms with E-state index in [2.05, 4.69) is 26.8 Å². The summed E-state index contributed by atoms with van der Waals surface area (Å²) in [4.78, 5) is 0. The summed E-state index contributed by atoms with van der Waals surface area (Å²) in [5, 5.41) is 19.4. The number of phenolic OH excluding ortho intramolecular Hbond substituents is 2. The SMILES string of the molecule is CC(C)(C)CCCCc1cc([I-]c2ccc(O)cc2)ccc1O. The van der Waals surface area contributed by atoms with E-state index in [-0.39, 0.29) is 21.2 Å². The molecule has 126 valence electrons. The Morgan fingerprint density at radius 2 is 1.52 bits per heavy atom. The van der Waals surface area contributed by atoms with Gasteiger partial charge in [0.1, 0.15) is 0 Å². The molecule has 3 heteroatoms. The topological polar surface area (TPSA) is 40.5 Å². The van der Waals surface area contributed by atoms with E-state index in [0.29, 0.717) is 16.9 Å². The van der Waals surface area contributed by atoms with E-state index in [0.717, 1.165) is 18.4 Å². The van der Waals surface area contributed by atoms with Crippen LogP contribution in [-0.4, -0.2) is 10.2 Å². The molecule has 0 aliphatic heterocycles. The van der Waals surface area contributed by atoms with Gasteiger partial charge in [0.15, 0.2) is 0 Å². The van der Waals surface area contributed by atoms with E-state index in [9.17, 15) is 10.2 Å². The van der Waals surface area contributed by atoms with Crippen LogP contribution in [0.15, 0.2) is 42.5 Å². The van der Waals surface area contributed by atoms with Gasteiger partial charge in [-0.15, -0.1) is 0 Å². The van der Waals surface area contributed by atoms with Crippen LogP contribution in [-0.2, 0) is 6.42 Å². The molecule has 0 saturated carbocycles. The molecular weight excluding hydrogens is 399 g/mol.